The summed E-state index contributed by atoms with van der Waals surface area (Å²) >= 11 is 1.40. The lowest BCUT2D eigenvalue weighted by atomic mass is 9.69. The van der Waals surface area contributed by atoms with Gasteiger partial charge in [0.25, 0.3) is 0 Å². The van der Waals surface area contributed by atoms with E-state index >= 15 is 0 Å². The molecular weight excluding hydrogens is 341 g/mol. The number of thioether (sulfide) groups is 1. The summed E-state index contributed by atoms with van der Waals surface area (Å²) in [5.41, 5.74) is 1.01. The molecule has 138 valence electrons. The van der Waals surface area contributed by atoms with E-state index in [1.165, 1.54) is 37.4 Å². The van der Waals surface area contributed by atoms with Crippen molar-refractivity contribution in [1.82, 2.24) is 5.32 Å². The fraction of sp³-hybridized carbons (Fsp3) is 0.579. The predicted molar refractivity (Wildman–Crippen MR) is 98.1 cm³/mol. The molecule has 1 amide bonds. The summed E-state index contributed by atoms with van der Waals surface area (Å²) < 4.78 is 17.8. The zero-order chi connectivity index (χ0) is 18.1. The number of halogens is 1. The molecule has 1 aromatic rings. The second-order valence-electron chi connectivity index (χ2n) is 6.50. The number of amides is 1. The van der Waals surface area contributed by atoms with Gasteiger partial charge in [0.15, 0.2) is 0 Å². The topological polar surface area (TPSA) is 55.4 Å². The third-order valence-electron chi connectivity index (χ3n) is 4.81. The molecule has 1 aliphatic rings. The minimum Gasteiger partial charge on any atom is -0.468 e. The summed E-state index contributed by atoms with van der Waals surface area (Å²) in [6.07, 6.45) is 5.86. The Hall–Kier alpha value is -1.56. The molecular formula is C19H26FNO3S. The fourth-order valence-electron chi connectivity index (χ4n) is 3.33. The highest BCUT2D eigenvalue weighted by atomic mass is 32.2. The van der Waals surface area contributed by atoms with E-state index in [1.54, 1.807) is 0 Å². The predicted octanol–water partition coefficient (Wildman–Crippen LogP) is 3.44. The Balaban J connectivity index is 1.86. The first kappa shape index (κ1) is 19.8. The van der Waals surface area contributed by atoms with Crippen LogP contribution in [-0.2, 0) is 19.7 Å². The van der Waals surface area contributed by atoms with Crippen LogP contribution in [0.1, 0.15) is 44.1 Å². The molecule has 0 bridgehead atoms. The molecule has 0 radical (unpaired) electrons. The Morgan fingerprint density at radius 1 is 1.20 bits per heavy atom. The first-order valence-electron chi connectivity index (χ1n) is 8.73. The zero-order valence-electron chi connectivity index (χ0n) is 14.7. The SMILES string of the molecule is COC(=O)CSCCC(=O)NCC1(c2ccc(F)cc2)CCCCC1. The summed E-state index contributed by atoms with van der Waals surface area (Å²) in [7, 11) is 1.36. The Morgan fingerprint density at radius 2 is 1.88 bits per heavy atom. The highest BCUT2D eigenvalue weighted by Gasteiger charge is 2.34. The second-order valence-corrected chi connectivity index (χ2v) is 7.61. The van der Waals surface area contributed by atoms with Gasteiger partial charge in [-0.25, -0.2) is 4.39 Å². The number of benzene rings is 1. The van der Waals surface area contributed by atoms with Crippen LogP contribution in [0.15, 0.2) is 24.3 Å². The van der Waals surface area contributed by atoms with Gasteiger partial charge in [0.2, 0.25) is 5.91 Å². The normalized spacial score (nSPS) is 16.2. The lowest BCUT2D eigenvalue weighted by Gasteiger charge is -2.38. The summed E-state index contributed by atoms with van der Waals surface area (Å²) in [6, 6.07) is 6.69. The van der Waals surface area contributed by atoms with Crippen molar-refractivity contribution in [2.75, 3.05) is 25.2 Å². The molecule has 0 aromatic heterocycles. The van der Waals surface area contributed by atoms with E-state index in [0.717, 1.165) is 31.2 Å². The minimum absolute atomic E-state index is 0.00979. The largest absolute Gasteiger partial charge is 0.468 e. The van der Waals surface area contributed by atoms with Gasteiger partial charge in [-0.1, -0.05) is 31.4 Å². The lowest BCUT2D eigenvalue weighted by Crippen LogP contribution is -2.42. The monoisotopic (exact) mass is 367 g/mol. The van der Waals surface area contributed by atoms with E-state index in [2.05, 4.69) is 10.1 Å². The van der Waals surface area contributed by atoms with E-state index < -0.39 is 0 Å². The van der Waals surface area contributed by atoms with E-state index in [4.69, 9.17) is 0 Å². The van der Waals surface area contributed by atoms with Crippen molar-refractivity contribution in [2.45, 2.75) is 43.9 Å². The van der Waals surface area contributed by atoms with Gasteiger partial charge in [-0.05, 0) is 30.5 Å². The highest BCUT2D eigenvalue weighted by Crippen LogP contribution is 2.39. The van der Waals surface area contributed by atoms with E-state index in [-0.39, 0.29) is 28.9 Å². The summed E-state index contributed by atoms with van der Waals surface area (Å²) in [4.78, 5) is 23.2. The van der Waals surface area contributed by atoms with Gasteiger partial charge >= 0.3 is 5.97 Å². The molecule has 1 N–H and O–H groups in total. The summed E-state index contributed by atoms with van der Waals surface area (Å²) in [5.74, 6) is 0.335. The molecule has 6 heteroatoms. The average Bonchev–Trinajstić information content (AvgIpc) is 2.64. The molecule has 4 nitrogen and oxygen atoms in total. The quantitative estimate of drug-likeness (QED) is 0.565. The van der Waals surface area contributed by atoms with Gasteiger partial charge in [0.1, 0.15) is 5.82 Å². The molecule has 25 heavy (non-hydrogen) atoms. The van der Waals surface area contributed by atoms with Gasteiger partial charge in [0.05, 0.1) is 12.9 Å². The molecule has 1 saturated carbocycles. The number of carbonyl (C=O) groups excluding carboxylic acids is 2. The van der Waals surface area contributed by atoms with Gasteiger partial charge in [-0.15, -0.1) is 11.8 Å². The van der Waals surface area contributed by atoms with Crippen molar-refractivity contribution < 1.29 is 18.7 Å². The maximum absolute atomic E-state index is 13.2. The van der Waals surface area contributed by atoms with Crippen LogP contribution in [-0.4, -0.2) is 37.0 Å². The molecule has 1 aromatic carbocycles. The molecule has 0 spiro atoms. The average molecular weight is 367 g/mol. The number of methoxy groups -OCH3 is 1. The zero-order valence-corrected chi connectivity index (χ0v) is 15.5. The molecule has 1 fully saturated rings. The Morgan fingerprint density at radius 3 is 2.52 bits per heavy atom. The van der Waals surface area contributed by atoms with Gasteiger partial charge in [-0.2, -0.15) is 0 Å². The summed E-state index contributed by atoms with van der Waals surface area (Å²) in [5, 5.41) is 3.05. The van der Waals surface area contributed by atoms with Gasteiger partial charge < -0.3 is 10.1 Å². The smallest absolute Gasteiger partial charge is 0.315 e. The van der Waals surface area contributed by atoms with Crippen LogP contribution in [0.2, 0.25) is 0 Å². The Kier molecular flexibility index (Phi) is 7.75. The molecule has 0 heterocycles. The van der Waals surface area contributed by atoms with Crippen LogP contribution in [0.25, 0.3) is 0 Å². The number of ether oxygens (including phenoxy) is 1. The lowest BCUT2D eigenvalue weighted by molar-refractivity contribution is -0.137. The number of hydrogen-bond donors (Lipinski definition) is 1. The van der Waals surface area contributed by atoms with Crippen LogP contribution in [0.5, 0.6) is 0 Å². The number of rotatable bonds is 8. The molecule has 0 saturated heterocycles. The van der Waals surface area contributed by atoms with Crippen molar-refractivity contribution in [3.8, 4) is 0 Å². The van der Waals surface area contributed by atoms with Crippen molar-refractivity contribution >= 4 is 23.6 Å². The highest BCUT2D eigenvalue weighted by molar-refractivity contribution is 7.99. The third kappa shape index (κ3) is 6.03. The van der Waals surface area contributed by atoms with Crippen molar-refractivity contribution in [3.05, 3.63) is 35.6 Å². The third-order valence-corrected chi connectivity index (χ3v) is 5.74. The maximum Gasteiger partial charge on any atom is 0.315 e. The van der Waals surface area contributed by atoms with Crippen LogP contribution in [0.4, 0.5) is 4.39 Å². The summed E-state index contributed by atoms with van der Waals surface area (Å²) in [6.45, 7) is 0.582. The molecule has 1 aliphatic carbocycles. The molecule has 0 atom stereocenters. The molecule has 2 rings (SSSR count). The van der Waals surface area contributed by atoms with Crippen molar-refractivity contribution in [1.29, 1.82) is 0 Å². The molecule has 0 unspecified atom stereocenters. The minimum atomic E-state index is -0.275. The van der Waals surface area contributed by atoms with Crippen molar-refractivity contribution in [3.63, 3.8) is 0 Å². The first-order chi connectivity index (χ1) is 12.1. The first-order valence-corrected chi connectivity index (χ1v) is 9.88. The van der Waals surface area contributed by atoms with Crippen LogP contribution < -0.4 is 5.32 Å². The molecule has 0 aliphatic heterocycles. The van der Waals surface area contributed by atoms with Crippen LogP contribution in [0.3, 0.4) is 0 Å². The van der Waals surface area contributed by atoms with Crippen LogP contribution >= 0.6 is 11.8 Å². The van der Waals surface area contributed by atoms with E-state index in [1.807, 2.05) is 12.1 Å². The Labute approximate surface area is 152 Å². The maximum atomic E-state index is 13.2. The second kappa shape index (κ2) is 9.80. The number of carbonyl (C=O) groups is 2. The Bertz CT molecular complexity index is 571. The standard InChI is InChI=1S/C19H26FNO3S/c1-24-18(23)13-25-12-9-17(22)21-14-19(10-3-2-4-11-19)15-5-7-16(20)8-6-15/h5-8H,2-4,9-14H2,1H3,(H,21,22). The van der Waals surface area contributed by atoms with Gasteiger partial charge in [-0.3, -0.25) is 9.59 Å². The fourth-order valence-corrected chi connectivity index (χ4v) is 4.09. The van der Waals surface area contributed by atoms with E-state index in [0.29, 0.717) is 18.7 Å². The van der Waals surface area contributed by atoms with Gasteiger partial charge in [0, 0.05) is 24.1 Å². The number of nitrogens with one attached hydrogen (secondary N) is 1. The number of hydrogen-bond acceptors (Lipinski definition) is 4. The van der Waals surface area contributed by atoms with Crippen molar-refractivity contribution in [2.24, 2.45) is 0 Å². The van der Waals surface area contributed by atoms with E-state index in [9.17, 15) is 14.0 Å². The number of esters is 1. The van der Waals surface area contributed by atoms with Crippen LogP contribution in [0, 0.1) is 5.82 Å².